The SMILES string of the molecule is Cc1c(Cl)cccc1NC(=S)N1CCn2cccc2[C@@H]1c1ccccc1. The first kappa shape index (κ1) is 17.1. The molecule has 3 nitrogen and oxygen atoms in total. The summed E-state index contributed by atoms with van der Waals surface area (Å²) in [6.45, 7) is 3.78. The Hall–Kier alpha value is -2.30. The van der Waals surface area contributed by atoms with Crippen molar-refractivity contribution < 1.29 is 0 Å². The highest BCUT2D eigenvalue weighted by molar-refractivity contribution is 7.80. The van der Waals surface area contributed by atoms with Gasteiger partial charge in [-0.25, -0.2) is 0 Å². The van der Waals surface area contributed by atoms with Gasteiger partial charge in [0.25, 0.3) is 0 Å². The van der Waals surface area contributed by atoms with Crippen molar-refractivity contribution in [3.8, 4) is 0 Å². The Labute approximate surface area is 164 Å². The summed E-state index contributed by atoms with van der Waals surface area (Å²) in [7, 11) is 0. The van der Waals surface area contributed by atoms with Gasteiger partial charge in [0.05, 0.1) is 6.04 Å². The standard InChI is InChI=1S/C21H20ClN3S/c1-15-17(22)9-5-10-18(15)23-21(26)25-14-13-24-12-6-11-19(24)20(25)16-7-3-2-4-8-16/h2-12,20H,13-14H2,1H3,(H,23,26)/t20-/m0/s1. The smallest absolute Gasteiger partial charge is 0.174 e. The van der Waals surface area contributed by atoms with Crippen LogP contribution in [0.4, 0.5) is 5.69 Å². The lowest BCUT2D eigenvalue weighted by atomic mass is 10.0. The number of nitrogens with one attached hydrogen (secondary N) is 1. The molecule has 0 amide bonds. The predicted octanol–water partition coefficient (Wildman–Crippen LogP) is 5.25. The molecule has 1 aliphatic heterocycles. The first-order valence-corrected chi connectivity index (χ1v) is 9.46. The van der Waals surface area contributed by atoms with Crippen LogP contribution in [-0.4, -0.2) is 21.1 Å². The van der Waals surface area contributed by atoms with Gasteiger partial charge < -0.3 is 14.8 Å². The van der Waals surface area contributed by atoms with Crippen molar-refractivity contribution in [1.82, 2.24) is 9.47 Å². The molecule has 0 bridgehead atoms. The van der Waals surface area contributed by atoms with Crippen LogP contribution in [0.2, 0.25) is 5.02 Å². The zero-order chi connectivity index (χ0) is 18.1. The Morgan fingerprint density at radius 1 is 1.04 bits per heavy atom. The second kappa shape index (κ2) is 7.14. The quantitative estimate of drug-likeness (QED) is 0.612. The largest absolute Gasteiger partial charge is 0.348 e. The van der Waals surface area contributed by atoms with Gasteiger partial charge in [-0.2, -0.15) is 0 Å². The van der Waals surface area contributed by atoms with E-state index in [1.165, 1.54) is 11.3 Å². The average molecular weight is 382 g/mol. The van der Waals surface area contributed by atoms with E-state index in [4.69, 9.17) is 23.8 Å². The third-order valence-electron chi connectivity index (χ3n) is 4.92. The summed E-state index contributed by atoms with van der Waals surface area (Å²) in [5.41, 5.74) is 4.46. The molecule has 26 heavy (non-hydrogen) atoms. The van der Waals surface area contributed by atoms with Gasteiger partial charge in [-0.15, -0.1) is 0 Å². The number of hydrogen-bond acceptors (Lipinski definition) is 1. The molecule has 2 aromatic carbocycles. The van der Waals surface area contributed by atoms with Gasteiger partial charge >= 0.3 is 0 Å². The molecule has 1 aliphatic rings. The molecule has 3 aromatic rings. The Morgan fingerprint density at radius 2 is 1.85 bits per heavy atom. The normalized spacial score (nSPS) is 16.2. The minimum Gasteiger partial charge on any atom is -0.348 e. The predicted molar refractivity (Wildman–Crippen MR) is 112 cm³/mol. The van der Waals surface area contributed by atoms with E-state index in [0.717, 1.165) is 34.5 Å². The van der Waals surface area contributed by atoms with Gasteiger partial charge in [0.1, 0.15) is 0 Å². The summed E-state index contributed by atoms with van der Waals surface area (Å²) in [6.07, 6.45) is 2.14. The van der Waals surface area contributed by atoms with Gasteiger partial charge in [-0.1, -0.05) is 48.0 Å². The van der Waals surface area contributed by atoms with Crippen molar-refractivity contribution in [3.05, 3.63) is 88.7 Å². The number of nitrogens with zero attached hydrogens (tertiary/aromatic N) is 2. The molecular formula is C21H20ClN3S. The Kier molecular flexibility index (Phi) is 4.70. The van der Waals surface area contributed by atoms with Gasteiger partial charge in [0.2, 0.25) is 0 Å². The number of halogens is 1. The number of rotatable bonds is 2. The second-order valence-electron chi connectivity index (χ2n) is 6.48. The number of anilines is 1. The molecule has 5 heteroatoms. The average Bonchev–Trinajstić information content (AvgIpc) is 3.14. The fourth-order valence-corrected chi connectivity index (χ4v) is 4.00. The van der Waals surface area contributed by atoms with E-state index < -0.39 is 0 Å². The van der Waals surface area contributed by atoms with Gasteiger partial charge in [-0.3, -0.25) is 0 Å². The minimum atomic E-state index is 0.0967. The van der Waals surface area contributed by atoms with Crippen LogP contribution in [0.3, 0.4) is 0 Å². The highest BCUT2D eigenvalue weighted by Crippen LogP contribution is 2.33. The van der Waals surface area contributed by atoms with Crippen LogP contribution < -0.4 is 5.32 Å². The number of fused-ring (bicyclic) bond motifs is 1. The van der Waals surface area contributed by atoms with Crippen LogP contribution in [-0.2, 0) is 6.54 Å². The van der Waals surface area contributed by atoms with Crippen LogP contribution in [0.15, 0.2) is 66.9 Å². The van der Waals surface area contributed by atoms with Crippen molar-refractivity contribution in [3.63, 3.8) is 0 Å². The fraction of sp³-hybridized carbons (Fsp3) is 0.190. The summed E-state index contributed by atoms with van der Waals surface area (Å²) in [5, 5.41) is 4.87. The van der Waals surface area contributed by atoms with Gasteiger partial charge in [0, 0.05) is 35.7 Å². The third kappa shape index (κ3) is 3.11. The summed E-state index contributed by atoms with van der Waals surface area (Å²) in [4.78, 5) is 2.26. The number of aromatic nitrogens is 1. The first-order chi connectivity index (χ1) is 12.6. The molecular weight excluding hydrogens is 362 g/mol. The number of benzene rings is 2. The zero-order valence-corrected chi connectivity index (χ0v) is 16.1. The zero-order valence-electron chi connectivity index (χ0n) is 14.5. The van der Waals surface area contributed by atoms with Crippen LogP contribution in [0, 0.1) is 6.92 Å². The lowest BCUT2D eigenvalue weighted by molar-refractivity contribution is 0.293. The lowest BCUT2D eigenvalue weighted by Gasteiger charge is -2.39. The molecule has 0 radical (unpaired) electrons. The maximum Gasteiger partial charge on any atom is 0.174 e. The summed E-state index contributed by atoms with van der Waals surface area (Å²) in [5.74, 6) is 0. The molecule has 1 N–H and O–H groups in total. The van der Waals surface area contributed by atoms with Crippen molar-refractivity contribution in [2.75, 3.05) is 11.9 Å². The topological polar surface area (TPSA) is 20.2 Å². The van der Waals surface area contributed by atoms with E-state index >= 15 is 0 Å². The van der Waals surface area contributed by atoms with E-state index in [9.17, 15) is 0 Å². The molecule has 2 heterocycles. The van der Waals surface area contributed by atoms with E-state index in [-0.39, 0.29) is 6.04 Å². The lowest BCUT2D eigenvalue weighted by Crippen LogP contribution is -2.44. The maximum atomic E-state index is 6.26. The molecule has 4 rings (SSSR count). The van der Waals surface area contributed by atoms with Crippen LogP contribution in [0.5, 0.6) is 0 Å². The molecule has 0 spiro atoms. The van der Waals surface area contributed by atoms with Gasteiger partial charge in [-0.05, 0) is 54.5 Å². The molecule has 1 aromatic heterocycles. The summed E-state index contributed by atoms with van der Waals surface area (Å²) < 4.78 is 2.31. The van der Waals surface area contributed by atoms with E-state index in [2.05, 4.69) is 57.4 Å². The van der Waals surface area contributed by atoms with Crippen molar-refractivity contribution >= 4 is 34.6 Å². The molecule has 0 aliphatic carbocycles. The molecule has 0 saturated carbocycles. The Balaban J connectivity index is 1.68. The van der Waals surface area contributed by atoms with Crippen LogP contribution in [0.1, 0.15) is 22.9 Å². The molecule has 0 fully saturated rings. The van der Waals surface area contributed by atoms with Crippen molar-refractivity contribution in [2.24, 2.45) is 0 Å². The first-order valence-electron chi connectivity index (χ1n) is 8.68. The maximum absolute atomic E-state index is 6.26. The van der Waals surface area contributed by atoms with Crippen LogP contribution in [0.25, 0.3) is 0 Å². The fourth-order valence-electron chi connectivity index (χ4n) is 3.52. The van der Waals surface area contributed by atoms with Crippen molar-refractivity contribution in [2.45, 2.75) is 19.5 Å². The summed E-state index contributed by atoms with van der Waals surface area (Å²) >= 11 is 12.1. The van der Waals surface area contributed by atoms with E-state index in [1.54, 1.807) is 0 Å². The molecule has 0 saturated heterocycles. The molecule has 0 unspecified atom stereocenters. The van der Waals surface area contributed by atoms with E-state index in [1.807, 2.05) is 31.2 Å². The monoisotopic (exact) mass is 381 g/mol. The van der Waals surface area contributed by atoms with E-state index in [0.29, 0.717) is 0 Å². The number of hydrogen-bond donors (Lipinski definition) is 1. The second-order valence-corrected chi connectivity index (χ2v) is 7.27. The molecule has 132 valence electrons. The minimum absolute atomic E-state index is 0.0967. The van der Waals surface area contributed by atoms with Crippen molar-refractivity contribution in [1.29, 1.82) is 0 Å². The Bertz CT molecular complexity index is 935. The van der Waals surface area contributed by atoms with Gasteiger partial charge in [0.15, 0.2) is 5.11 Å². The molecule has 1 atom stereocenters. The highest BCUT2D eigenvalue weighted by Gasteiger charge is 2.30. The Morgan fingerprint density at radius 3 is 2.65 bits per heavy atom. The highest BCUT2D eigenvalue weighted by atomic mass is 35.5. The third-order valence-corrected chi connectivity index (χ3v) is 5.67. The van der Waals surface area contributed by atoms with Crippen LogP contribution >= 0.6 is 23.8 Å². The summed E-state index contributed by atoms with van der Waals surface area (Å²) in [6, 6.07) is 20.7. The number of thiocarbonyl (C=S) groups is 1.